The quantitative estimate of drug-likeness (QED) is 0.129. The number of allylic oxidation sites excluding steroid dienone is 1. The molecule has 0 aliphatic carbocycles. The highest BCUT2D eigenvalue weighted by Crippen LogP contribution is 2.30. The smallest absolute Gasteiger partial charge is 0.185 e. The number of guanidine groups is 1. The van der Waals surface area contributed by atoms with Crippen molar-refractivity contribution in [1.29, 1.82) is 5.41 Å². The Labute approximate surface area is 213 Å². The normalized spacial score (nSPS) is 11.5. The first-order valence-corrected chi connectivity index (χ1v) is 12.2. The highest BCUT2D eigenvalue weighted by atomic mass is 19.1. The van der Waals surface area contributed by atoms with Crippen molar-refractivity contribution in [3.05, 3.63) is 131 Å². The van der Waals surface area contributed by atoms with Gasteiger partial charge in [-0.05, 0) is 42.5 Å². The molecule has 0 radical (unpaired) electrons. The summed E-state index contributed by atoms with van der Waals surface area (Å²) in [6.45, 7) is 11.5. The molecule has 1 unspecified atom stereocenters. The molecule has 36 heavy (non-hydrogen) atoms. The lowest BCUT2D eigenvalue weighted by Gasteiger charge is -2.29. The lowest BCUT2D eigenvalue weighted by Crippen LogP contribution is -2.38. The zero-order chi connectivity index (χ0) is 25.9. The SMILES string of the molecule is C=C(NCc1ccc(C)cc1F)C(CCCNC(=N)N)NC(=C)C(c1ccccc1)c1ccccc1. The Bertz CT molecular complexity index is 1120. The molecule has 3 aromatic rings. The Morgan fingerprint density at radius 2 is 1.53 bits per heavy atom. The van der Waals surface area contributed by atoms with E-state index in [1.54, 1.807) is 6.07 Å². The minimum Gasteiger partial charge on any atom is -0.383 e. The second-order valence-electron chi connectivity index (χ2n) is 8.93. The Kier molecular flexibility index (Phi) is 9.69. The first-order valence-electron chi connectivity index (χ1n) is 12.2. The van der Waals surface area contributed by atoms with Crippen LogP contribution in [-0.4, -0.2) is 18.5 Å². The van der Waals surface area contributed by atoms with Crippen molar-refractivity contribution in [2.45, 2.75) is 38.3 Å². The van der Waals surface area contributed by atoms with Crippen LogP contribution in [0.3, 0.4) is 0 Å². The molecule has 188 valence electrons. The van der Waals surface area contributed by atoms with Gasteiger partial charge < -0.3 is 21.7 Å². The van der Waals surface area contributed by atoms with Crippen molar-refractivity contribution in [2.24, 2.45) is 5.73 Å². The molecule has 0 aliphatic rings. The molecule has 0 aromatic heterocycles. The van der Waals surface area contributed by atoms with Crippen molar-refractivity contribution in [3.63, 3.8) is 0 Å². The second kappa shape index (κ2) is 13.1. The predicted octanol–water partition coefficient (Wildman–Crippen LogP) is 5.30. The Morgan fingerprint density at radius 3 is 2.08 bits per heavy atom. The predicted molar refractivity (Wildman–Crippen MR) is 147 cm³/mol. The molecular weight excluding hydrogens is 449 g/mol. The zero-order valence-electron chi connectivity index (χ0n) is 20.9. The van der Waals surface area contributed by atoms with Gasteiger partial charge in [0.1, 0.15) is 5.82 Å². The van der Waals surface area contributed by atoms with Gasteiger partial charge in [0.05, 0.1) is 6.04 Å². The molecule has 6 heteroatoms. The van der Waals surface area contributed by atoms with E-state index in [1.165, 1.54) is 6.07 Å². The van der Waals surface area contributed by atoms with Crippen LogP contribution in [0.25, 0.3) is 0 Å². The van der Waals surface area contributed by atoms with E-state index in [9.17, 15) is 4.39 Å². The van der Waals surface area contributed by atoms with E-state index in [4.69, 9.17) is 11.1 Å². The fourth-order valence-electron chi connectivity index (χ4n) is 4.18. The van der Waals surface area contributed by atoms with Gasteiger partial charge in [0, 0.05) is 36.0 Å². The summed E-state index contributed by atoms with van der Waals surface area (Å²) in [5, 5.41) is 17.1. The minimum absolute atomic E-state index is 0.0485. The second-order valence-corrected chi connectivity index (χ2v) is 8.93. The van der Waals surface area contributed by atoms with Crippen molar-refractivity contribution in [3.8, 4) is 0 Å². The van der Waals surface area contributed by atoms with Crippen LogP contribution in [0, 0.1) is 18.2 Å². The molecule has 0 amide bonds. The number of nitrogens with two attached hydrogens (primary N) is 1. The zero-order valence-corrected chi connectivity index (χ0v) is 20.9. The summed E-state index contributed by atoms with van der Waals surface area (Å²) in [7, 11) is 0. The summed E-state index contributed by atoms with van der Waals surface area (Å²) < 4.78 is 14.4. The number of nitrogens with one attached hydrogen (secondary N) is 4. The molecular formula is C30H36FN5. The van der Waals surface area contributed by atoms with Crippen LogP contribution in [-0.2, 0) is 6.54 Å². The molecule has 0 heterocycles. The van der Waals surface area contributed by atoms with E-state index in [1.807, 2.05) is 49.4 Å². The van der Waals surface area contributed by atoms with Gasteiger partial charge in [0.2, 0.25) is 0 Å². The average molecular weight is 486 g/mol. The van der Waals surface area contributed by atoms with Crippen LogP contribution >= 0.6 is 0 Å². The topological polar surface area (TPSA) is 86.0 Å². The van der Waals surface area contributed by atoms with Crippen LogP contribution < -0.4 is 21.7 Å². The van der Waals surface area contributed by atoms with E-state index < -0.39 is 0 Å². The van der Waals surface area contributed by atoms with Crippen molar-refractivity contribution in [2.75, 3.05) is 6.54 Å². The molecule has 0 saturated heterocycles. The van der Waals surface area contributed by atoms with Gasteiger partial charge in [0.25, 0.3) is 0 Å². The monoisotopic (exact) mass is 485 g/mol. The van der Waals surface area contributed by atoms with E-state index in [-0.39, 0.29) is 23.7 Å². The van der Waals surface area contributed by atoms with Crippen molar-refractivity contribution < 1.29 is 4.39 Å². The Morgan fingerprint density at radius 1 is 0.917 bits per heavy atom. The average Bonchev–Trinajstić information content (AvgIpc) is 2.86. The molecule has 0 spiro atoms. The molecule has 1 atom stereocenters. The minimum atomic E-state index is -0.233. The van der Waals surface area contributed by atoms with Gasteiger partial charge in [0.15, 0.2) is 5.96 Å². The van der Waals surface area contributed by atoms with Gasteiger partial charge >= 0.3 is 0 Å². The fraction of sp³-hybridized carbons (Fsp3) is 0.233. The number of benzene rings is 3. The molecule has 5 nitrogen and oxygen atoms in total. The summed E-state index contributed by atoms with van der Waals surface area (Å²) >= 11 is 0. The lowest BCUT2D eigenvalue weighted by atomic mass is 9.88. The van der Waals surface area contributed by atoms with Crippen LogP contribution in [0.4, 0.5) is 4.39 Å². The van der Waals surface area contributed by atoms with Crippen LogP contribution in [0.15, 0.2) is 103 Å². The number of aryl methyl sites for hydroxylation is 1. The maximum atomic E-state index is 14.4. The van der Waals surface area contributed by atoms with Crippen molar-refractivity contribution in [1.82, 2.24) is 16.0 Å². The molecule has 0 saturated carbocycles. The van der Waals surface area contributed by atoms with Gasteiger partial charge in [-0.1, -0.05) is 86.0 Å². The van der Waals surface area contributed by atoms with Crippen molar-refractivity contribution >= 4 is 5.96 Å². The summed E-state index contributed by atoms with van der Waals surface area (Å²) in [6.07, 6.45) is 1.48. The third kappa shape index (κ3) is 7.73. The van der Waals surface area contributed by atoms with Gasteiger partial charge in [-0.3, -0.25) is 5.41 Å². The number of halogens is 1. The molecule has 0 fully saturated rings. The third-order valence-corrected chi connectivity index (χ3v) is 6.09. The van der Waals surface area contributed by atoms with Gasteiger partial charge in [-0.15, -0.1) is 0 Å². The maximum Gasteiger partial charge on any atom is 0.185 e. The highest BCUT2D eigenvalue weighted by molar-refractivity contribution is 5.74. The Balaban J connectivity index is 1.77. The Hall–Kier alpha value is -4.06. The number of hydrogen-bond acceptors (Lipinski definition) is 3. The molecule has 0 aliphatic heterocycles. The van der Waals surface area contributed by atoms with Crippen LogP contribution in [0.1, 0.15) is 41.0 Å². The first kappa shape index (κ1) is 26.5. The molecule has 0 bridgehead atoms. The molecule has 3 rings (SSSR count). The van der Waals surface area contributed by atoms with E-state index >= 15 is 0 Å². The van der Waals surface area contributed by atoms with Crippen LogP contribution in [0.5, 0.6) is 0 Å². The number of rotatable bonds is 13. The largest absolute Gasteiger partial charge is 0.383 e. The summed E-state index contributed by atoms with van der Waals surface area (Å²) in [5.74, 6) is -0.334. The van der Waals surface area contributed by atoms with E-state index in [2.05, 4.69) is 53.4 Å². The lowest BCUT2D eigenvalue weighted by molar-refractivity contribution is 0.514. The van der Waals surface area contributed by atoms with Crippen LogP contribution in [0.2, 0.25) is 0 Å². The fourth-order valence-corrected chi connectivity index (χ4v) is 4.18. The third-order valence-electron chi connectivity index (χ3n) is 6.09. The molecule has 6 N–H and O–H groups in total. The summed E-state index contributed by atoms with van der Waals surface area (Å²) in [5.41, 5.74) is 10.8. The van der Waals surface area contributed by atoms with E-state index in [0.717, 1.165) is 40.9 Å². The van der Waals surface area contributed by atoms with Gasteiger partial charge in [-0.25, -0.2) is 4.39 Å². The highest BCUT2D eigenvalue weighted by Gasteiger charge is 2.21. The van der Waals surface area contributed by atoms with E-state index in [0.29, 0.717) is 18.7 Å². The summed E-state index contributed by atoms with van der Waals surface area (Å²) in [4.78, 5) is 0. The maximum absolute atomic E-state index is 14.4. The van der Waals surface area contributed by atoms with Gasteiger partial charge in [-0.2, -0.15) is 0 Å². The summed E-state index contributed by atoms with van der Waals surface area (Å²) in [6, 6.07) is 25.6. The standard InChI is InChI=1S/C30H36FN5/c1-21-16-17-26(27(31)19-21)20-35-22(2)28(15-10-18-34-30(32)33)36-23(3)29(24-11-6-4-7-12-24)25-13-8-5-9-14-25/h4-9,11-14,16-17,19,28-29,35-36H,2-3,10,15,18,20H2,1H3,(H4,32,33,34). The first-order chi connectivity index (χ1) is 17.3. The number of hydrogen-bond donors (Lipinski definition) is 5. The molecule has 3 aromatic carbocycles.